The van der Waals surface area contributed by atoms with Gasteiger partial charge in [0.25, 0.3) is 0 Å². The SMILES string of the molecule is CCC(C)NCc1cccc(OCc2ccc(C)cc2)c1. The van der Waals surface area contributed by atoms with Crippen LogP contribution in [-0.4, -0.2) is 6.04 Å². The molecule has 0 bridgehead atoms. The third kappa shape index (κ3) is 5.24. The van der Waals surface area contributed by atoms with Crippen molar-refractivity contribution in [1.82, 2.24) is 5.32 Å². The Morgan fingerprint density at radius 2 is 1.81 bits per heavy atom. The summed E-state index contributed by atoms with van der Waals surface area (Å²) in [4.78, 5) is 0. The van der Waals surface area contributed by atoms with Crippen LogP contribution in [0.5, 0.6) is 5.75 Å². The summed E-state index contributed by atoms with van der Waals surface area (Å²) in [6.07, 6.45) is 1.14. The first-order valence-electron chi connectivity index (χ1n) is 7.68. The van der Waals surface area contributed by atoms with Crippen LogP contribution in [0.1, 0.15) is 37.0 Å². The molecule has 0 aromatic heterocycles. The van der Waals surface area contributed by atoms with E-state index in [2.05, 4.69) is 68.6 Å². The van der Waals surface area contributed by atoms with Gasteiger partial charge in [0.1, 0.15) is 12.4 Å². The highest BCUT2D eigenvalue weighted by Crippen LogP contribution is 2.15. The molecule has 1 N–H and O–H groups in total. The van der Waals surface area contributed by atoms with E-state index in [1.807, 2.05) is 6.07 Å². The van der Waals surface area contributed by atoms with E-state index in [0.717, 1.165) is 18.7 Å². The molecule has 0 aliphatic carbocycles. The summed E-state index contributed by atoms with van der Waals surface area (Å²) < 4.78 is 5.88. The minimum atomic E-state index is 0.544. The van der Waals surface area contributed by atoms with Crippen LogP contribution < -0.4 is 10.1 Å². The van der Waals surface area contributed by atoms with Crippen molar-refractivity contribution in [2.24, 2.45) is 0 Å². The summed E-state index contributed by atoms with van der Waals surface area (Å²) in [7, 11) is 0. The van der Waals surface area contributed by atoms with E-state index in [0.29, 0.717) is 12.6 Å². The summed E-state index contributed by atoms with van der Waals surface area (Å²) in [6.45, 7) is 7.99. The maximum absolute atomic E-state index is 5.88. The van der Waals surface area contributed by atoms with Crippen molar-refractivity contribution >= 4 is 0 Å². The van der Waals surface area contributed by atoms with Gasteiger partial charge in [0.05, 0.1) is 0 Å². The Kier molecular flexibility index (Phi) is 5.82. The predicted molar refractivity (Wildman–Crippen MR) is 88.5 cm³/mol. The number of hydrogen-bond donors (Lipinski definition) is 1. The van der Waals surface area contributed by atoms with Crippen molar-refractivity contribution in [1.29, 1.82) is 0 Å². The third-order valence-corrected chi connectivity index (χ3v) is 3.69. The lowest BCUT2D eigenvalue weighted by molar-refractivity contribution is 0.306. The number of rotatable bonds is 7. The lowest BCUT2D eigenvalue weighted by atomic mass is 10.1. The second kappa shape index (κ2) is 7.84. The van der Waals surface area contributed by atoms with E-state index in [1.165, 1.54) is 16.7 Å². The number of ether oxygens (including phenoxy) is 1. The topological polar surface area (TPSA) is 21.3 Å². The normalized spacial score (nSPS) is 12.1. The Morgan fingerprint density at radius 1 is 1.05 bits per heavy atom. The Morgan fingerprint density at radius 3 is 2.52 bits per heavy atom. The fourth-order valence-electron chi connectivity index (χ4n) is 2.03. The molecule has 21 heavy (non-hydrogen) atoms. The molecule has 0 heterocycles. The van der Waals surface area contributed by atoms with Crippen LogP contribution in [0.15, 0.2) is 48.5 Å². The molecule has 2 aromatic rings. The first kappa shape index (κ1) is 15.6. The molecule has 2 nitrogen and oxygen atoms in total. The van der Waals surface area contributed by atoms with E-state index >= 15 is 0 Å². The van der Waals surface area contributed by atoms with Crippen LogP contribution in [0.25, 0.3) is 0 Å². The molecule has 2 aromatic carbocycles. The Balaban J connectivity index is 1.90. The second-order valence-corrected chi connectivity index (χ2v) is 5.61. The fourth-order valence-corrected chi connectivity index (χ4v) is 2.03. The van der Waals surface area contributed by atoms with Gasteiger partial charge in [-0.05, 0) is 43.5 Å². The molecule has 0 aliphatic rings. The van der Waals surface area contributed by atoms with Gasteiger partial charge in [0.2, 0.25) is 0 Å². The van der Waals surface area contributed by atoms with Gasteiger partial charge < -0.3 is 10.1 Å². The largest absolute Gasteiger partial charge is 0.489 e. The Labute approximate surface area is 128 Å². The minimum absolute atomic E-state index is 0.544. The Hall–Kier alpha value is -1.80. The minimum Gasteiger partial charge on any atom is -0.489 e. The summed E-state index contributed by atoms with van der Waals surface area (Å²) in [5.41, 5.74) is 3.73. The van der Waals surface area contributed by atoms with E-state index < -0.39 is 0 Å². The number of benzene rings is 2. The maximum Gasteiger partial charge on any atom is 0.120 e. The van der Waals surface area contributed by atoms with Gasteiger partial charge in [0.15, 0.2) is 0 Å². The van der Waals surface area contributed by atoms with Crippen LogP contribution in [0.2, 0.25) is 0 Å². The summed E-state index contributed by atoms with van der Waals surface area (Å²) >= 11 is 0. The van der Waals surface area contributed by atoms with Crippen molar-refractivity contribution in [3.8, 4) is 5.75 Å². The molecule has 0 aliphatic heterocycles. The van der Waals surface area contributed by atoms with Gasteiger partial charge in [-0.3, -0.25) is 0 Å². The molecule has 2 heteroatoms. The number of hydrogen-bond acceptors (Lipinski definition) is 2. The van der Waals surface area contributed by atoms with Gasteiger partial charge in [-0.1, -0.05) is 48.9 Å². The molecule has 0 spiro atoms. The van der Waals surface area contributed by atoms with E-state index in [1.54, 1.807) is 0 Å². The molecule has 0 saturated heterocycles. The van der Waals surface area contributed by atoms with E-state index in [4.69, 9.17) is 4.74 Å². The van der Waals surface area contributed by atoms with Crippen LogP contribution in [-0.2, 0) is 13.2 Å². The predicted octanol–water partition coefficient (Wildman–Crippen LogP) is 4.46. The molecular formula is C19H25NO. The maximum atomic E-state index is 5.88. The van der Waals surface area contributed by atoms with Gasteiger partial charge in [-0.25, -0.2) is 0 Å². The van der Waals surface area contributed by atoms with Crippen molar-refractivity contribution in [2.75, 3.05) is 0 Å². The first-order chi connectivity index (χ1) is 10.2. The summed E-state index contributed by atoms with van der Waals surface area (Å²) in [5, 5.41) is 3.50. The monoisotopic (exact) mass is 283 g/mol. The van der Waals surface area contributed by atoms with Crippen LogP contribution in [0.3, 0.4) is 0 Å². The molecule has 0 amide bonds. The molecule has 1 unspecified atom stereocenters. The lowest BCUT2D eigenvalue weighted by Crippen LogP contribution is -2.24. The smallest absolute Gasteiger partial charge is 0.120 e. The van der Waals surface area contributed by atoms with Gasteiger partial charge >= 0.3 is 0 Å². The quantitative estimate of drug-likeness (QED) is 0.810. The number of aryl methyl sites for hydroxylation is 1. The zero-order valence-corrected chi connectivity index (χ0v) is 13.2. The molecule has 112 valence electrons. The zero-order valence-electron chi connectivity index (χ0n) is 13.2. The fraction of sp³-hybridized carbons (Fsp3) is 0.368. The average Bonchev–Trinajstić information content (AvgIpc) is 2.52. The third-order valence-electron chi connectivity index (χ3n) is 3.69. The highest BCUT2D eigenvalue weighted by atomic mass is 16.5. The highest BCUT2D eigenvalue weighted by molar-refractivity contribution is 5.29. The molecular weight excluding hydrogens is 258 g/mol. The zero-order chi connectivity index (χ0) is 15.1. The van der Waals surface area contributed by atoms with Gasteiger partial charge in [0, 0.05) is 12.6 Å². The molecule has 1 atom stereocenters. The van der Waals surface area contributed by atoms with Gasteiger partial charge in [-0.2, -0.15) is 0 Å². The summed E-state index contributed by atoms with van der Waals surface area (Å²) in [6, 6.07) is 17.3. The van der Waals surface area contributed by atoms with Crippen molar-refractivity contribution in [2.45, 2.75) is 46.4 Å². The second-order valence-electron chi connectivity index (χ2n) is 5.61. The molecule has 0 fully saturated rings. The van der Waals surface area contributed by atoms with Crippen LogP contribution in [0.4, 0.5) is 0 Å². The molecule has 2 rings (SSSR count). The lowest BCUT2D eigenvalue weighted by Gasteiger charge is -2.12. The van der Waals surface area contributed by atoms with E-state index in [9.17, 15) is 0 Å². The standard InChI is InChI=1S/C19H25NO/c1-4-16(3)20-13-18-6-5-7-19(12-18)21-14-17-10-8-15(2)9-11-17/h5-12,16,20H,4,13-14H2,1-3H3. The van der Waals surface area contributed by atoms with Crippen molar-refractivity contribution in [3.63, 3.8) is 0 Å². The van der Waals surface area contributed by atoms with Crippen molar-refractivity contribution in [3.05, 3.63) is 65.2 Å². The molecule has 0 radical (unpaired) electrons. The Bertz CT molecular complexity index is 548. The first-order valence-corrected chi connectivity index (χ1v) is 7.68. The van der Waals surface area contributed by atoms with Crippen LogP contribution >= 0.6 is 0 Å². The van der Waals surface area contributed by atoms with Crippen LogP contribution in [0, 0.1) is 6.92 Å². The average molecular weight is 283 g/mol. The summed E-state index contributed by atoms with van der Waals surface area (Å²) in [5.74, 6) is 0.930. The van der Waals surface area contributed by atoms with Gasteiger partial charge in [-0.15, -0.1) is 0 Å². The highest BCUT2D eigenvalue weighted by Gasteiger charge is 2.01. The van der Waals surface area contributed by atoms with E-state index in [-0.39, 0.29) is 0 Å². The number of nitrogens with one attached hydrogen (secondary N) is 1. The molecule has 0 saturated carbocycles. The van der Waals surface area contributed by atoms with Crippen molar-refractivity contribution < 1.29 is 4.74 Å².